The first kappa shape index (κ1) is 15.1. The highest BCUT2D eigenvalue weighted by atomic mass is 16.6. The number of ether oxygens (including phenoxy) is 4. The van der Waals surface area contributed by atoms with E-state index in [1.165, 1.54) is 0 Å². The molecule has 2 aromatic rings. The molecule has 6 heteroatoms. The van der Waals surface area contributed by atoms with Gasteiger partial charge in [-0.2, -0.15) is 0 Å². The Balaban J connectivity index is 1.69. The normalized spacial score (nSPS) is 17.9. The molecule has 0 aromatic heterocycles. The summed E-state index contributed by atoms with van der Waals surface area (Å²) >= 11 is 0. The minimum absolute atomic E-state index is 0.460. The van der Waals surface area contributed by atoms with Gasteiger partial charge in [0, 0.05) is 11.1 Å². The lowest BCUT2D eigenvalue weighted by molar-refractivity contribution is 0.166. The van der Waals surface area contributed by atoms with E-state index in [9.17, 15) is 0 Å². The van der Waals surface area contributed by atoms with Crippen LogP contribution >= 0.6 is 0 Å². The van der Waals surface area contributed by atoms with Gasteiger partial charge < -0.3 is 30.4 Å². The topological polar surface area (TPSA) is 89.0 Å². The number of benzene rings is 2. The Morgan fingerprint density at radius 2 is 1.04 bits per heavy atom. The predicted octanol–water partition coefficient (Wildman–Crippen LogP) is 1.93. The van der Waals surface area contributed by atoms with Crippen LogP contribution in [-0.4, -0.2) is 26.4 Å². The minimum atomic E-state index is -0.460. The fourth-order valence-corrected chi connectivity index (χ4v) is 3.10. The van der Waals surface area contributed by atoms with Crippen molar-refractivity contribution >= 4 is 0 Å². The maximum atomic E-state index is 6.47. The van der Waals surface area contributed by atoms with Gasteiger partial charge >= 0.3 is 0 Å². The Labute approximate surface area is 140 Å². The van der Waals surface area contributed by atoms with Crippen molar-refractivity contribution in [3.8, 4) is 23.0 Å². The van der Waals surface area contributed by atoms with Gasteiger partial charge in [0.1, 0.15) is 26.4 Å². The van der Waals surface area contributed by atoms with Crippen molar-refractivity contribution in [1.29, 1.82) is 0 Å². The fourth-order valence-electron chi connectivity index (χ4n) is 3.10. The third-order valence-electron chi connectivity index (χ3n) is 4.30. The number of para-hydroxylation sites is 2. The molecule has 0 radical (unpaired) electrons. The maximum Gasteiger partial charge on any atom is 0.166 e. The standard InChI is InChI=1S/C18H20N2O4/c19-15(11-3-1-5-13-17(11)23-9-7-21-13)16(20)12-4-2-6-14-18(12)24-10-8-22-14/h1-6,15-16H,7-10,19-20H2. The van der Waals surface area contributed by atoms with Crippen LogP contribution in [0.5, 0.6) is 23.0 Å². The summed E-state index contributed by atoms with van der Waals surface area (Å²) in [5, 5.41) is 0. The summed E-state index contributed by atoms with van der Waals surface area (Å²) < 4.78 is 22.8. The molecule has 0 aliphatic carbocycles. The van der Waals surface area contributed by atoms with E-state index in [4.69, 9.17) is 30.4 Å². The van der Waals surface area contributed by atoms with Crippen LogP contribution in [0.1, 0.15) is 23.2 Å². The predicted molar refractivity (Wildman–Crippen MR) is 88.7 cm³/mol. The molecule has 24 heavy (non-hydrogen) atoms. The van der Waals surface area contributed by atoms with E-state index in [0.717, 1.165) is 11.1 Å². The summed E-state index contributed by atoms with van der Waals surface area (Å²) in [5.74, 6) is 2.76. The van der Waals surface area contributed by atoms with Crippen molar-refractivity contribution in [1.82, 2.24) is 0 Å². The van der Waals surface area contributed by atoms with Gasteiger partial charge in [-0.3, -0.25) is 0 Å². The van der Waals surface area contributed by atoms with E-state index in [1.807, 2.05) is 36.4 Å². The second-order valence-electron chi connectivity index (χ2n) is 5.79. The van der Waals surface area contributed by atoms with Crippen molar-refractivity contribution in [3.63, 3.8) is 0 Å². The summed E-state index contributed by atoms with van der Waals surface area (Å²) in [7, 11) is 0. The Kier molecular flexibility index (Phi) is 3.92. The first-order valence-corrected chi connectivity index (χ1v) is 8.04. The average molecular weight is 328 g/mol. The zero-order valence-corrected chi connectivity index (χ0v) is 13.2. The average Bonchev–Trinajstić information content (AvgIpc) is 2.66. The van der Waals surface area contributed by atoms with Gasteiger partial charge in [-0.1, -0.05) is 24.3 Å². The first-order valence-electron chi connectivity index (χ1n) is 8.04. The molecular formula is C18H20N2O4. The van der Waals surface area contributed by atoms with Crippen LogP contribution in [0.2, 0.25) is 0 Å². The second-order valence-corrected chi connectivity index (χ2v) is 5.79. The van der Waals surface area contributed by atoms with E-state index in [1.54, 1.807) is 0 Å². The number of rotatable bonds is 3. The van der Waals surface area contributed by atoms with Crippen LogP contribution in [-0.2, 0) is 0 Å². The number of hydrogen-bond acceptors (Lipinski definition) is 6. The molecule has 2 unspecified atom stereocenters. The summed E-state index contributed by atoms with van der Waals surface area (Å²) in [5.41, 5.74) is 14.6. The zero-order valence-electron chi connectivity index (χ0n) is 13.2. The van der Waals surface area contributed by atoms with E-state index in [2.05, 4.69) is 0 Å². The lowest BCUT2D eigenvalue weighted by Gasteiger charge is -2.29. The van der Waals surface area contributed by atoms with Gasteiger partial charge in [-0.25, -0.2) is 0 Å². The smallest absolute Gasteiger partial charge is 0.166 e. The Morgan fingerprint density at radius 3 is 1.50 bits per heavy atom. The molecule has 126 valence electrons. The van der Waals surface area contributed by atoms with Crippen molar-refractivity contribution in [2.24, 2.45) is 11.5 Å². The first-order chi connectivity index (χ1) is 11.8. The summed E-state index contributed by atoms with van der Waals surface area (Å²) in [6.07, 6.45) is 0. The molecule has 2 aliphatic heterocycles. The van der Waals surface area contributed by atoms with Crippen molar-refractivity contribution < 1.29 is 18.9 Å². The lowest BCUT2D eigenvalue weighted by Crippen LogP contribution is -2.29. The highest BCUT2D eigenvalue weighted by molar-refractivity contribution is 5.53. The Bertz CT molecular complexity index is 686. The molecule has 0 saturated heterocycles. The third-order valence-corrected chi connectivity index (χ3v) is 4.30. The summed E-state index contributed by atoms with van der Waals surface area (Å²) in [6, 6.07) is 10.5. The van der Waals surface area contributed by atoms with Crippen LogP contribution in [0.4, 0.5) is 0 Å². The molecule has 4 rings (SSSR count). The highest BCUT2D eigenvalue weighted by Gasteiger charge is 2.28. The van der Waals surface area contributed by atoms with E-state index < -0.39 is 12.1 Å². The lowest BCUT2D eigenvalue weighted by atomic mass is 9.93. The molecule has 2 aliphatic rings. The molecule has 4 N–H and O–H groups in total. The zero-order chi connectivity index (χ0) is 16.5. The van der Waals surface area contributed by atoms with Crippen LogP contribution < -0.4 is 30.4 Å². The quantitative estimate of drug-likeness (QED) is 0.895. The SMILES string of the molecule is NC(c1cccc2c1OCCO2)C(N)c1cccc2c1OCCO2. The fraction of sp³-hybridized carbons (Fsp3) is 0.333. The number of hydrogen-bond donors (Lipinski definition) is 2. The summed E-state index contributed by atoms with van der Waals surface area (Å²) in [6.45, 7) is 2.08. The van der Waals surface area contributed by atoms with Crippen molar-refractivity contribution in [2.45, 2.75) is 12.1 Å². The van der Waals surface area contributed by atoms with E-state index in [-0.39, 0.29) is 0 Å². The van der Waals surface area contributed by atoms with Crippen molar-refractivity contribution in [3.05, 3.63) is 47.5 Å². The van der Waals surface area contributed by atoms with Gasteiger partial charge in [0.05, 0.1) is 12.1 Å². The highest BCUT2D eigenvalue weighted by Crippen LogP contribution is 2.43. The van der Waals surface area contributed by atoms with Crippen LogP contribution in [0.15, 0.2) is 36.4 Å². The minimum Gasteiger partial charge on any atom is -0.486 e. The van der Waals surface area contributed by atoms with Gasteiger partial charge in [-0.15, -0.1) is 0 Å². The Hall–Kier alpha value is -2.44. The van der Waals surface area contributed by atoms with Crippen LogP contribution in [0.3, 0.4) is 0 Å². The largest absolute Gasteiger partial charge is 0.486 e. The molecule has 2 aromatic carbocycles. The molecule has 0 saturated carbocycles. The van der Waals surface area contributed by atoms with Crippen LogP contribution in [0.25, 0.3) is 0 Å². The van der Waals surface area contributed by atoms with Gasteiger partial charge in [0.25, 0.3) is 0 Å². The third kappa shape index (κ3) is 2.53. The maximum absolute atomic E-state index is 6.47. The van der Waals surface area contributed by atoms with Gasteiger partial charge in [-0.05, 0) is 12.1 Å². The monoisotopic (exact) mass is 328 g/mol. The van der Waals surface area contributed by atoms with Gasteiger partial charge in [0.2, 0.25) is 0 Å². The molecule has 2 atom stereocenters. The summed E-state index contributed by atoms with van der Waals surface area (Å²) in [4.78, 5) is 0. The van der Waals surface area contributed by atoms with Gasteiger partial charge in [0.15, 0.2) is 23.0 Å². The second kappa shape index (κ2) is 6.22. The molecule has 0 amide bonds. The molecule has 0 bridgehead atoms. The number of nitrogens with two attached hydrogens (primary N) is 2. The van der Waals surface area contributed by atoms with E-state index in [0.29, 0.717) is 49.4 Å². The van der Waals surface area contributed by atoms with Crippen molar-refractivity contribution in [2.75, 3.05) is 26.4 Å². The molecule has 0 fully saturated rings. The molecule has 0 spiro atoms. The van der Waals surface area contributed by atoms with Crippen LogP contribution in [0, 0.1) is 0 Å². The Morgan fingerprint density at radius 1 is 0.625 bits per heavy atom. The number of fused-ring (bicyclic) bond motifs is 2. The molecular weight excluding hydrogens is 308 g/mol. The molecule has 6 nitrogen and oxygen atoms in total. The molecule has 2 heterocycles. The van der Waals surface area contributed by atoms with E-state index >= 15 is 0 Å².